The Hall–Kier alpha value is -2.71. The number of nitrogens with zero attached hydrogens (tertiary/aromatic N) is 1. The SMILES string of the molecule is CC(C)C(=O)Nc1ccc(C(=O)Nc2cccc(S(=O)(=O)N(C)C)c2)cc1. The Bertz CT molecular complexity index is 936. The van der Waals surface area contributed by atoms with Gasteiger partial charge in [0.1, 0.15) is 0 Å². The van der Waals surface area contributed by atoms with Gasteiger partial charge in [0.05, 0.1) is 4.90 Å². The van der Waals surface area contributed by atoms with Crippen molar-refractivity contribution in [1.82, 2.24) is 4.31 Å². The van der Waals surface area contributed by atoms with Crippen molar-refractivity contribution < 1.29 is 18.0 Å². The molecule has 0 unspecified atom stereocenters. The molecule has 7 nitrogen and oxygen atoms in total. The average molecular weight is 389 g/mol. The van der Waals surface area contributed by atoms with Crippen LogP contribution in [-0.4, -0.2) is 38.6 Å². The van der Waals surface area contributed by atoms with E-state index in [9.17, 15) is 18.0 Å². The molecule has 2 N–H and O–H groups in total. The lowest BCUT2D eigenvalue weighted by molar-refractivity contribution is -0.118. The van der Waals surface area contributed by atoms with Crippen LogP contribution in [-0.2, 0) is 14.8 Å². The summed E-state index contributed by atoms with van der Waals surface area (Å²) in [7, 11) is -0.693. The Labute approximate surface area is 159 Å². The molecular formula is C19H23N3O4S. The molecule has 8 heteroatoms. The van der Waals surface area contributed by atoms with E-state index in [1.165, 1.54) is 26.2 Å². The van der Waals surface area contributed by atoms with Crippen LogP contribution in [0.25, 0.3) is 0 Å². The minimum atomic E-state index is -3.58. The molecule has 0 aliphatic heterocycles. The highest BCUT2D eigenvalue weighted by Crippen LogP contribution is 2.19. The molecule has 0 spiro atoms. The van der Waals surface area contributed by atoms with Gasteiger partial charge in [-0.3, -0.25) is 9.59 Å². The second-order valence-corrected chi connectivity index (χ2v) is 8.64. The van der Waals surface area contributed by atoms with Crippen LogP contribution in [0.5, 0.6) is 0 Å². The maximum atomic E-state index is 12.4. The van der Waals surface area contributed by atoms with Crippen LogP contribution < -0.4 is 10.6 Å². The van der Waals surface area contributed by atoms with Gasteiger partial charge in [-0.05, 0) is 42.5 Å². The fraction of sp³-hybridized carbons (Fsp3) is 0.263. The van der Waals surface area contributed by atoms with Gasteiger partial charge in [0.15, 0.2) is 0 Å². The first-order valence-electron chi connectivity index (χ1n) is 8.36. The summed E-state index contributed by atoms with van der Waals surface area (Å²) in [4.78, 5) is 24.2. The summed E-state index contributed by atoms with van der Waals surface area (Å²) in [5.41, 5.74) is 1.36. The number of nitrogens with one attached hydrogen (secondary N) is 2. The molecule has 27 heavy (non-hydrogen) atoms. The molecule has 0 radical (unpaired) electrons. The molecule has 0 aliphatic rings. The third-order valence-corrected chi connectivity index (χ3v) is 5.62. The molecule has 0 aromatic heterocycles. The van der Waals surface area contributed by atoms with Gasteiger partial charge >= 0.3 is 0 Å². The highest BCUT2D eigenvalue weighted by atomic mass is 32.2. The molecule has 2 aromatic carbocycles. The second kappa shape index (κ2) is 8.32. The van der Waals surface area contributed by atoms with Crippen LogP contribution in [0.3, 0.4) is 0 Å². The predicted octanol–water partition coefficient (Wildman–Crippen LogP) is 2.78. The fourth-order valence-corrected chi connectivity index (χ4v) is 3.09. The molecule has 0 fully saturated rings. The first-order valence-corrected chi connectivity index (χ1v) is 9.80. The minimum absolute atomic E-state index is 0.0945. The van der Waals surface area contributed by atoms with Crippen LogP contribution >= 0.6 is 0 Å². The van der Waals surface area contributed by atoms with E-state index < -0.39 is 10.0 Å². The Morgan fingerprint density at radius 2 is 1.56 bits per heavy atom. The topological polar surface area (TPSA) is 95.6 Å². The lowest BCUT2D eigenvalue weighted by atomic mass is 10.1. The summed E-state index contributed by atoms with van der Waals surface area (Å²) in [5, 5.41) is 5.43. The van der Waals surface area contributed by atoms with E-state index in [1.54, 1.807) is 50.2 Å². The maximum absolute atomic E-state index is 12.4. The lowest BCUT2D eigenvalue weighted by Gasteiger charge is -2.13. The number of benzene rings is 2. The third-order valence-electron chi connectivity index (χ3n) is 3.81. The molecule has 0 saturated heterocycles. The fourth-order valence-electron chi connectivity index (χ4n) is 2.14. The van der Waals surface area contributed by atoms with Crippen molar-refractivity contribution in [2.75, 3.05) is 24.7 Å². The molecule has 2 amide bonds. The quantitative estimate of drug-likeness (QED) is 0.794. The molecule has 2 rings (SSSR count). The number of rotatable bonds is 6. The van der Waals surface area contributed by atoms with Crippen LogP contribution in [0.2, 0.25) is 0 Å². The second-order valence-electron chi connectivity index (χ2n) is 6.49. The highest BCUT2D eigenvalue weighted by molar-refractivity contribution is 7.89. The Balaban J connectivity index is 2.13. The van der Waals surface area contributed by atoms with E-state index in [2.05, 4.69) is 10.6 Å². The number of carbonyl (C=O) groups is 2. The average Bonchev–Trinajstić information content (AvgIpc) is 2.62. The van der Waals surface area contributed by atoms with Gasteiger partial charge in [0, 0.05) is 37.0 Å². The summed E-state index contributed by atoms with van der Waals surface area (Å²) in [5.74, 6) is -0.624. The maximum Gasteiger partial charge on any atom is 0.255 e. The third kappa shape index (κ3) is 5.15. The first kappa shape index (κ1) is 20.6. The van der Waals surface area contributed by atoms with Gasteiger partial charge in [-0.2, -0.15) is 0 Å². The van der Waals surface area contributed by atoms with Gasteiger partial charge in [0.25, 0.3) is 5.91 Å². The van der Waals surface area contributed by atoms with Crippen molar-refractivity contribution in [3.63, 3.8) is 0 Å². The van der Waals surface area contributed by atoms with Crippen molar-refractivity contribution in [3.05, 3.63) is 54.1 Å². The first-order chi connectivity index (χ1) is 12.6. The Morgan fingerprint density at radius 3 is 2.11 bits per heavy atom. The van der Waals surface area contributed by atoms with Gasteiger partial charge in [-0.15, -0.1) is 0 Å². The summed E-state index contributed by atoms with van der Waals surface area (Å²) in [6.45, 7) is 3.59. The van der Waals surface area contributed by atoms with Crippen molar-refractivity contribution >= 4 is 33.2 Å². The standard InChI is InChI=1S/C19H23N3O4S/c1-13(2)18(23)20-15-10-8-14(9-11-15)19(24)21-16-6-5-7-17(12-16)27(25,26)22(3)4/h5-13H,1-4H3,(H,20,23)(H,21,24). The van der Waals surface area contributed by atoms with Gasteiger partial charge < -0.3 is 10.6 Å². The number of hydrogen-bond donors (Lipinski definition) is 2. The number of carbonyl (C=O) groups excluding carboxylic acids is 2. The zero-order chi connectivity index (χ0) is 20.2. The Morgan fingerprint density at radius 1 is 0.926 bits per heavy atom. The van der Waals surface area contributed by atoms with E-state index in [-0.39, 0.29) is 22.6 Å². The molecule has 0 heterocycles. The van der Waals surface area contributed by atoms with Crippen molar-refractivity contribution in [2.24, 2.45) is 5.92 Å². The zero-order valence-electron chi connectivity index (χ0n) is 15.7. The van der Waals surface area contributed by atoms with Gasteiger partial charge in [-0.1, -0.05) is 19.9 Å². The predicted molar refractivity (Wildman–Crippen MR) is 105 cm³/mol. The lowest BCUT2D eigenvalue weighted by Crippen LogP contribution is -2.22. The largest absolute Gasteiger partial charge is 0.326 e. The zero-order valence-corrected chi connectivity index (χ0v) is 16.5. The molecule has 0 saturated carbocycles. The van der Waals surface area contributed by atoms with Crippen LogP contribution in [0.15, 0.2) is 53.4 Å². The van der Waals surface area contributed by atoms with E-state index in [0.29, 0.717) is 16.9 Å². The summed E-state index contributed by atoms with van der Waals surface area (Å²) in [6.07, 6.45) is 0. The van der Waals surface area contributed by atoms with Crippen molar-refractivity contribution in [1.29, 1.82) is 0 Å². The van der Waals surface area contributed by atoms with E-state index in [1.807, 2.05) is 0 Å². The molecule has 144 valence electrons. The van der Waals surface area contributed by atoms with E-state index >= 15 is 0 Å². The highest BCUT2D eigenvalue weighted by Gasteiger charge is 2.18. The van der Waals surface area contributed by atoms with Gasteiger partial charge in [-0.25, -0.2) is 12.7 Å². The minimum Gasteiger partial charge on any atom is -0.326 e. The molecule has 2 aromatic rings. The van der Waals surface area contributed by atoms with Crippen LogP contribution in [0, 0.1) is 5.92 Å². The molecule has 0 atom stereocenters. The number of hydrogen-bond acceptors (Lipinski definition) is 4. The smallest absolute Gasteiger partial charge is 0.255 e. The summed E-state index contributed by atoms with van der Waals surface area (Å²) >= 11 is 0. The van der Waals surface area contributed by atoms with Gasteiger partial charge in [0.2, 0.25) is 15.9 Å². The van der Waals surface area contributed by atoms with E-state index in [0.717, 1.165) is 4.31 Å². The molecular weight excluding hydrogens is 366 g/mol. The summed E-state index contributed by atoms with van der Waals surface area (Å²) < 4.78 is 25.5. The number of amides is 2. The van der Waals surface area contributed by atoms with E-state index in [4.69, 9.17) is 0 Å². The van der Waals surface area contributed by atoms with Crippen molar-refractivity contribution in [3.8, 4) is 0 Å². The number of anilines is 2. The van der Waals surface area contributed by atoms with Crippen molar-refractivity contribution in [2.45, 2.75) is 18.7 Å². The Kier molecular flexibility index (Phi) is 6.35. The summed E-state index contributed by atoms with van der Waals surface area (Å²) in [6, 6.07) is 12.5. The molecule has 0 bridgehead atoms. The van der Waals surface area contributed by atoms with Crippen LogP contribution in [0.1, 0.15) is 24.2 Å². The normalized spacial score (nSPS) is 11.5. The molecule has 0 aliphatic carbocycles. The number of sulfonamides is 1. The van der Waals surface area contributed by atoms with Crippen LogP contribution in [0.4, 0.5) is 11.4 Å². The monoisotopic (exact) mass is 389 g/mol.